The summed E-state index contributed by atoms with van der Waals surface area (Å²) in [5, 5.41) is 0.251. The summed E-state index contributed by atoms with van der Waals surface area (Å²) in [6.07, 6.45) is 36.2. The van der Waals surface area contributed by atoms with Crippen LogP contribution in [-0.4, -0.2) is 50.9 Å². The first-order valence-corrected chi connectivity index (χ1v) is 28.3. The van der Waals surface area contributed by atoms with Crippen LogP contribution in [0.15, 0.2) is 290 Å². The number of carbonyl (C=O) groups is 3. The number of carbonyl (C=O) groups excluding carboxylic acids is 3. The molecule has 0 fully saturated rings. The van der Waals surface area contributed by atoms with Crippen LogP contribution in [-0.2, 0) is 33.3 Å². The molecule has 446 valence electrons. The van der Waals surface area contributed by atoms with E-state index in [-0.39, 0.29) is 29.9 Å². The molecule has 0 aliphatic carbocycles. The van der Waals surface area contributed by atoms with Crippen molar-refractivity contribution in [1.29, 1.82) is 0 Å². The minimum Gasteiger partial charge on any atom is -0.461 e. The molecule has 0 saturated carbocycles. The van der Waals surface area contributed by atoms with E-state index in [9.17, 15) is 14.4 Å². The molecule has 0 aliphatic rings. The highest BCUT2D eigenvalue weighted by atomic mass is 31.0. The zero-order chi connectivity index (χ0) is 63.4. The second-order valence-electron chi connectivity index (χ2n) is 18.3. The van der Waals surface area contributed by atoms with Crippen molar-refractivity contribution in [3.63, 3.8) is 0 Å². The van der Waals surface area contributed by atoms with Crippen LogP contribution in [0, 0.1) is 18.3 Å². The van der Waals surface area contributed by atoms with E-state index in [1.807, 2.05) is 236 Å². The average Bonchev–Trinajstić information content (AvgIpc) is 3.74. The lowest BCUT2D eigenvalue weighted by Crippen LogP contribution is -2.44. The van der Waals surface area contributed by atoms with Crippen molar-refractivity contribution < 1.29 is 33.3 Å². The number of hydrogen-bond acceptors (Lipinski definition) is 10. The van der Waals surface area contributed by atoms with Gasteiger partial charge in [0.25, 0.3) is 0 Å². The summed E-state index contributed by atoms with van der Waals surface area (Å²) in [7, 11) is 2.55. The molecule has 11 heteroatoms. The number of nitrogens with two attached hydrogens (primary N) is 3. The summed E-state index contributed by atoms with van der Waals surface area (Å²) < 4.78 is 25.2. The fourth-order valence-corrected chi connectivity index (χ4v) is 8.76. The standard InChI is InChI=1S/C67H76N3O7P.C3H6.C2H4.C2H2/c1-8-15-17-18-19-32-43-56(50(13-6)34-16-9-2)57(68)44-74-45-67(48-77-66(73)63(78)60(49(11-4)12-5)51(14-7)33-10-3,46-75-64(71)61(69)58(52-35-24-20-25-36-52)53-37-26-21-27-38-53)47-76-65(72)62(70)59(54-39-28-22-29-40-54)55-41-30-23-31-42-55;1-3-2;2*1-2/h8-11,13-14,16-42H,1-2,12,15,43-48,68-70,78H2,3-7H3;3H,1H2,2H3;1-2H2;1-2H/b18-17-,32-19-,33-10-,34-16-,49-11+,50-13+,51-14+,57-56-,63-60-;;;. The van der Waals surface area contributed by atoms with E-state index in [1.165, 1.54) is 0 Å². The quantitative estimate of drug-likeness (QED) is 0.00906. The maximum absolute atomic E-state index is 14.6. The molecule has 0 spiro atoms. The van der Waals surface area contributed by atoms with Gasteiger partial charge in [0.1, 0.15) is 31.2 Å². The highest BCUT2D eigenvalue weighted by molar-refractivity contribution is 7.25. The SMILES string of the molecule is C#C.C=C.C=CC.C=C\C=C/C(=C\C)C(/C/C=C\C=C/CC=C)=C(\N)COCC(COC(=O)C(N)=C(c1ccccc1)c1ccccc1)(COC(=O)C(N)=C(c1ccccc1)c1ccccc1)COC(=O)/C(P)=C(C(/C=C\C)=C/C)\C(=C\C)CC. The number of esters is 3. The lowest BCUT2D eigenvalue weighted by Gasteiger charge is -2.32. The Morgan fingerprint density at radius 1 is 0.576 bits per heavy atom. The summed E-state index contributed by atoms with van der Waals surface area (Å²) in [6.45, 7) is 26.5. The van der Waals surface area contributed by atoms with Gasteiger partial charge in [0.05, 0.1) is 23.9 Å². The summed E-state index contributed by atoms with van der Waals surface area (Å²) in [4.78, 5) is 43.7. The molecule has 10 nitrogen and oxygen atoms in total. The fourth-order valence-electron chi connectivity index (χ4n) is 8.32. The maximum Gasteiger partial charge on any atom is 0.354 e. The summed E-state index contributed by atoms with van der Waals surface area (Å²) >= 11 is 0. The van der Waals surface area contributed by atoms with Gasteiger partial charge in [0.15, 0.2) is 0 Å². The topological polar surface area (TPSA) is 166 Å². The van der Waals surface area contributed by atoms with Crippen molar-refractivity contribution in [3.8, 4) is 12.8 Å². The van der Waals surface area contributed by atoms with E-state index in [2.05, 4.69) is 55.0 Å². The summed E-state index contributed by atoms with van der Waals surface area (Å²) in [5.74, 6) is -2.45. The second kappa shape index (κ2) is 43.4. The van der Waals surface area contributed by atoms with Crippen LogP contribution in [0.3, 0.4) is 0 Å². The van der Waals surface area contributed by atoms with E-state index in [0.29, 0.717) is 57.5 Å². The molecule has 0 amide bonds. The van der Waals surface area contributed by atoms with E-state index in [0.717, 1.165) is 28.7 Å². The van der Waals surface area contributed by atoms with Gasteiger partial charge >= 0.3 is 17.9 Å². The van der Waals surface area contributed by atoms with Crippen LogP contribution in [0.1, 0.15) is 83.1 Å². The molecule has 4 rings (SSSR count). The zero-order valence-electron chi connectivity index (χ0n) is 50.6. The normalized spacial score (nSPS) is 12.2. The third-order valence-electron chi connectivity index (χ3n) is 12.4. The number of benzene rings is 4. The third kappa shape index (κ3) is 24.6. The zero-order valence-corrected chi connectivity index (χ0v) is 51.8. The lowest BCUT2D eigenvalue weighted by molar-refractivity contribution is -0.162. The van der Waals surface area contributed by atoms with Crippen LogP contribution in [0.2, 0.25) is 0 Å². The van der Waals surface area contributed by atoms with Gasteiger partial charge in [-0.15, -0.1) is 39.2 Å². The Morgan fingerprint density at radius 2 is 0.988 bits per heavy atom. The van der Waals surface area contributed by atoms with Gasteiger partial charge in [-0.1, -0.05) is 229 Å². The molecular weight excluding hydrogens is 1070 g/mol. The fraction of sp³-hybridized carbons (Fsp3) is 0.203. The van der Waals surface area contributed by atoms with E-state index < -0.39 is 43.1 Å². The van der Waals surface area contributed by atoms with Crippen molar-refractivity contribution in [2.24, 2.45) is 22.6 Å². The number of rotatable bonds is 29. The number of ether oxygens (including phenoxy) is 4. The Bertz CT molecular complexity index is 2930. The van der Waals surface area contributed by atoms with Gasteiger partial charge in [0.2, 0.25) is 0 Å². The number of terminal acetylenes is 1. The first-order valence-electron chi connectivity index (χ1n) is 27.8. The first-order chi connectivity index (χ1) is 41.2. The van der Waals surface area contributed by atoms with Crippen LogP contribution < -0.4 is 17.2 Å². The van der Waals surface area contributed by atoms with Crippen molar-refractivity contribution in [1.82, 2.24) is 0 Å². The van der Waals surface area contributed by atoms with Crippen LogP contribution >= 0.6 is 9.24 Å². The van der Waals surface area contributed by atoms with Gasteiger partial charge in [-0.2, -0.15) is 0 Å². The second-order valence-corrected chi connectivity index (χ2v) is 18.9. The van der Waals surface area contributed by atoms with E-state index in [4.69, 9.17) is 36.1 Å². The average molecular weight is 1160 g/mol. The predicted octanol–water partition coefficient (Wildman–Crippen LogP) is 15.7. The molecule has 85 heavy (non-hydrogen) atoms. The first kappa shape index (κ1) is 73.8. The molecule has 0 aliphatic heterocycles. The van der Waals surface area contributed by atoms with Crippen molar-refractivity contribution in [3.05, 3.63) is 312 Å². The molecule has 0 saturated heterocycles. The molecule has 4 aromatic rings. The van der Waals surface area contributed by atoms with Gasteiger partial charge in [-0.25, -0.2) is 14.4 Å². The third-order valence-corrected chi connectivity index (χ3v) is 12.9. The molecule has 1 atom stereocenters. The van der Waals surface area contributed by atoms with Crippen LogP contribution in [0.5, 0.6) is 0 Å². The highest BCUT2D eigenvalue weighted by Gasteiger charge is 2.38. The Morgan fingerprint density at radius 3 is 1.35 bits per heavy atom. The van der Waals surface area contributed by atoms with Crippen molar-refractivity contribution in [2.75, 3.05) is 33.0 Å². The molecule has 1 unspecified atom stereocenters. The number of hydrogen-bond donors (Lipinski definition) is 3. The Balaban J connectivity index is 0.00000494. The lowest BCUT2D eigenvalue weighted by atomic mass is 9.91. The summed E-state index contributed by atoms with van der Waals surface area (Å²) in [5.41, 5.74) is 26.6. The molecule has 4 aromatic carbocycles. The van der Waals surface area contributed by atoms with Gasteiger partial charge < -0.3 is 36.1 Å². The van der Waals surface area contributed by atoms with Crippen molar-refractivity contribution in [2.45, 2.75) is 60.8 Å². The minimum absolute atomic E-state index is 0.136. The van der Waals surface area contributed by atoms with E-state index >= 15 is 0 Å². The van der Waals surface area contributed by atoms with Gasteiger partial charge in [-0.05, 0) is 104 Å². The molecule has 0 bridgehead atoms. The smallest absolute Gasteiger partial charge is 0.354 e. The highest BCUT2D eigenvalue weighted by Crippen LogP contribution is 2.33. The summed E-state index contributed by atoms with van der Waals surface area (Å²) in [6, 6.07) is 37.0. The molecule has 6 N–H and O–H groups in total. The van der Waals surface area contributed by atoms with Gasteiger partial charge in [0, 0.05) is 16.8 Å². The minimum atomic E-state index is -1.62. The Labute approximate surface area is 510 Å². The molecular formula is C74H88N3O7P. The number of allylic oxidation sites excluding steroid dienone is 19. The molecule has 0 aromatic heterocycles. The van der Waals surface area contributed by atoms with Crippen LogP contribution in [0.25, 0.3) is 11.1 Å². The molecule has 0 radical (unpaired) electrons. The predicted molar refractivity (Wildman–Crippen MR) is 361 cm³/mol. The largest absolute Gasteiger partial charge is 0.461 e. The monoisotopic (exact) mass is 1160 g/mol. The van der Waals surface area contributed by atoms with Gasteiger partial charge in [-0.3, -0.25) is 0 Å². The van der Waals surface area contributed by atoms with Crippen LogP contribution in [0.4, 0.5) is 0 Å². The van der Waals surface area contributed by atoms with Crippen molar-refractivity contribution >= 4 is 38.3 Å². The maximum atomic E-state index is 14.6. The van der Waals surface area contributed by atoms with E-state index in [1.54, 1.807) is 12.2 Å². The Hall–Kier alpha value is -9.26. The molecule has 0 heterocycles. The Kier molecular flexibility index (Phi) is 37.7.